The summed E-state index contributed by atoms with van der Waals surface area (Å²) in [6, 6.07) is 12.6. The smallest absolute Gasteiger partial charge is 0.337 e. The van der Waals surface area contributed by atoms with Crippen molar-refractivity contribution in [1.29, 1.82) is 5.26 Å². The molecule has 42 heavy (non-hydrogen) atoms. The number of aromatic nitrogens is 2. The number of carbonyl (C=O) groups excluding carboxylic acids is 3. The number of rotatable bonds is 7. The number of nitriles is 1. The van der Waals surface area contributed by atoms with Gasteiger partial charge in [-0.15, -0.1) is 21.5 Å². The van der Waals surface area contributed by atoms with Crippen LogP contribution >= 0.6 is 34.4 Å². The second-order valence-electron chi connectivity index (χ2n) is 10.7. The van der Waals surface area contributed by atoms with Crippen LogP contribution < -0.4 is 16.0 Å². The van der Waals surface area contributed by atoms with Crippen LogP contribution in [0.15, 0.2) is 63.4 Å². The van der Waals surface area contributed by atoms with E-state index in [1.165, 1.54) is 30.2 Å². The summed E-state index contributed by atoms with van der Waals surface area (Å²) in [6.45, 7) is 6.07. The topological polar surface area (TPSA) is 151 Å². The summed E-state index contributed by atoms with van der Waals surface area (Å²) in [5.74, 6) is -0.929. The zero-order chi connectivity index (χ0) is 30.2. The fourth-order valence-electron chi connectivity index (χ4n) is 5.10. The normalized spacial score (nSPS) is 18.0. The number of anilines is 2. The van der Waals surface area contributed by atoms with Crippen LogP contribution in [0.1, 0.15) is 52.7 Å². The number of nitrogens with two attached hydrogens (primary N) is 1. The molecule has 0 spiro atoms. The molecule has 1 atom stereocenters. The predicted molar refractivity (Wildman–Crippen MR) is 163 cm³/mol. The van der Waals surface area contributed by atoms with Crippen molar-refractivity contribution in [2.45, 2.75) is 43.9 Å². The molecule has 3 heterocycles. The van der Waals surface area contributed by atoms with E-state index in [1.807, 2.05) is 32.9 Å². The van der Waals surface area contributed by atoms with Gasteiger partial charge in [0.1, 0.15) is 5.82 Å². The van der Waals surface area contributed by atoms with Gasteiger partial charge in [-0.2, -0.15) is 5.26 Å². The SMILES string of the molecule is COC(=O)c1ccc(NC(=O)CSc2nnc(N3C(N)=C(C#N)C(c4ccc(C)s4)C4=C3CC(C)(C)CC4=O)s2)cc1. The second kappa shape index (κ2) is 11.7. The number of nitrogens with zero attached hydrogens (tertiary/aromatic N) is 4. The Bertz CT molecular complexity index is 1680. The average Bonchev–Trinajstić information content (AvgIpc) is 3.59. The summed E-state index contributed by atoms with van der Waals surface area (Å²) >= 11 is 4.00. The van der Waals surface area contributed by atoms with Crippen LogP contribution in [0.5, 0.6) is 0 Å². The van der Waals surface area contributed by atoms with Crippen molar-refractivity contribution in [1.82, 2.24) is 10.2 Å². The van der Waals surface area contributed by atoms with Crippen LogP contribution in [0.25, 0.3) is 0 Å². The van der Waals surface area contributed by atoms with E-state index in [0.29, 0.717) is 44.7 Å². The Morgan fingerprint density at radius 2 is 1.93 bits per heavy atom. The number of nitrogens with one attached hydrogen (secondary N) is 1. The van der Waals surface area contributed by atoms with Crippen LogP contribution in [0.4, 0.5) is 10.8 Å². The van der Waals surface area contributed by atoms with Crippen molar-refractivity contribution in [3.63, 3.8) is 0 Å². The maximum absolute atomic E-state index is 13.6. The molecule has 10 nitrogen and oxygen atoms in total. The molecule has 3 aromatic rings. The molecule has 216 valence electrons. The Labute approximate surface area is 255 Å². The zero-order valence-corrected chi connectivity index (χ0v) is 25.8. The van der Waals surface area contributed by atoms with Gasteiger partial charge in [-0.1, -0.05) is 36.9 Å². The van der Waals surface area contributed by atoms with Gasteiger partial charge >= 0.3 is 5.97 Å². The monoisotopic (exact) mass is 620 g/mol. The minimum absolute atomic E-state index is 0.00189. The summed E-state index contributed by atoms with van der Waals surface area (Å²) in [6.07, 6.45) is 0.949. The van der Waals surface area contributed by atoms with Crippen molar-refractivity contribution in [2.24, 2.45) is 11.1 Å². The molecule has 5 rings (SSSR count). The largest absolute Gasteiger partial charge is 0.465 e. The molecule has 1 amide bonds. The number of aryl methyl sites for hydroxylation is 1. The first-order valence-electron chi connectivity index (χ1n) is 13.0. The molecule has 0 fully saturated rings. The number of ether oxygens (including phenoxy) is 1. The molecule has 0 radical (unpaired) electrons. The van der Waals surface area contributed by atoms with Gasteiger partial charge in [-0.05, 0) is 55.2 Å². The highest BCUT2D eigenvalue weighted by atomic mass is 32.2. The summed E-state index contributed by atoms with van der Waals surface area (Å²) in [4.78, 5) is 41.5. The molecular formula is C29H28N6O4S3. The van der Waals surface area contributed by atoms with Gasteiger partial charge in [0.25, 0.3) is 0 Å². The van der Waals surface area contributed by atoms with E-state index >= 15 is 0 Å². The van der Waals surface area contributed by atoms with E-state index in [2.05, 4.69) is 21.6 Å². The first-order valence-corrected chi connectivity index (χ1v) is 15.6. The van der Waals surface area contributed by atoms with Crippen LogP contribution in [0, 0.1) is 23.7 Å². The van der Waals surface area contributed by atoms with Gasteiger partial charge in [-0.3, -0.25) is 14.5 Å². The van der Waals surface area contributed by atoms with Gasteiger partial charge in [0, 0.05) is 33.1 Å². The van der Waals surface area contributed by atoms with Crippen LogP contribution in [0.3, 0.4) is 0 Å². The van der Waals surface area contributed by atoms with Crippen molar-refractivity contribution in [3.8, 4) is 6.07 Å². The Hall–Kier alpha value is -3.99. The number of thioether (sulfide) groups is 1. The van der Waals surface area contributed by atoms with Crippen LogP contribution in [-0.4, -0.2) is 40.7 Å². The van der Waals surface area contributed by atoms with E-state index < -0.39 is 11.9 Å². The third kappa shape index (κ3) is 5.83. The summed E-state index contributed by atoms with van der Waals surface area (Å²) in [5, 5.41) is 22.1. The first kappa shape index (κ1) is 29.5. The minimum Gasteiger partial charge on any atom is -0.465 e. The maximum Gasteiger partial charge on any atom is 0.337 e. The Morgan fingerprint density at radius 3 is 2.57 bits per heavy atom. The summed E-state index contributed by atoms with van der Waals surface area (Å²) < 4.78 is 5.22. The van der Waals surface area contributed by atoms with Crippen molar-refractivity contribution >= 4 is 62.9 Å². The molecule has 2 aromatic heterocycles. The zero-order valence-electron chi connectivity index (χ0n) is 23.4. The Kier molecular flexibility index (Phi) is 8.23. The number of esters is 1. The molecule has 0 saturated heterocycles. The lowest BCUT2D eigenvalue weighted by Gasteiger charge is -2.42. The van der Waals surface area contributed by atoms with E-state index in [-0.39, 0.29) is 28.7 Å². The number of methoxy groups -OCH3 is 1. The van der Waals surface area contributed by atoms with Crippen LogP contribution in [0.2, 0.25) is 0 Å². The minimum atomic E-state index is -0.518. The molecule has 0 saturated carbocycles. The van der Waals surface area contributed by atoms with Gasteiger partial charge in [0.15, 0.2) is 10.1 Å². The summed E-state index contributed by atoms with van der Waals surface area (Å²) in [7, 11) is 1.31. The highest BCUT2D eigenvalue weighted by molar-refractivity contribution is 8.01. The fraction of sp³-hybridized carbons (Fsp3) is 0.310. The van der Waals surface area contributed by atoms with Gasteiger partial charge in [0.05, 0.1) is 36.0 Å². The molecule has 1 aromatic carbocycles. The van der Waals surface area contributed by atoms with Crippen LogP contribution in [-0.2, 0) is 14.3 Å². The third-order valence-electron chi connectivity index (χ3n) is 6.93. The fourth-order valence-corrected chi connectivity index (χ4v) is 7.78. The van der Waals surface area contributed by atoms with Crippen molar-refractivity contribution in [2.75, 3.05) is 23.1 Å². The highest BCUT2D eigenvalue weighted by Gasteiger charge is 2.45. The molecule has 13 heteroatoms. The number of thiophene rings is 1. The van der Waals surface area contributed by atoms with Gasteiger partial charge < -0.3 is 15.8 Å². The molecule has 0 bridgehead atoms. The number of amides is 1. The maximum atomic E-state index is 13.6. The first-order chi connectivity index (χ1) is 20.0. The quantitative estimate of drug-likeness (QED) is 0.261. The van der Waals surface area contributed by atoms with Crippen molar-refractivity contribution < 1.29 is 19.1 Å². The van der Waals surface area contributed by atoms with Gasteiger partial charge in [-0.25, -0.2) is 4.79 Å². The lowest BCUT2D eigenvalue weighted by atomic mass is 9.70. The molecule has 3 N–H and O–H groups in total. The van der Waals surface area contributed by atoms with Gasteiger partial charge in [0.2, 0.25) is 11.0 Å². The van der Waals surface area contributed by atoms with E-state index in [9.17, 15) is 19.6 Å². The lowest BCUT2D eigenvalue weighted by molar-refractivity contribution is -0.118. The Morgan fingerprint density at radius 1 is 1.19 bits per heavy atom. The van der Waals surface area contributed by atoms with E-state index in [1.54, 1.807) is 40.5 Å². The molecule has 1 aliphatic heterocycles. The number of allylic oxidation sites excluding steroid dienone is 3. The molecule has 2 aliphatic rings. The molecular weight excluding hydrogens is 593 g/mol. The van der Waals surface area contributed by atoms with E-state index in [4.69, 9.17) is 10.5 Å². The predicted octanol–water partition coefficient (Wildman–Crippen LogP) is 5.37. The number of Topliss-reactive ketones (excluding diaryl/α,β-unsaturated/α-hetero) is 1. The standard InChI is InChI=1S/C29H28N6O4S3/c1-15-5-10-21(41-15)23-18(13-30)25(31)35(19-11-29(2,3)12-20(36)24(19)23)27-33-34-28(42-27)40-14-22(37)32-17-8-6-16(7-9-17)26(38)39-4/h5-10,23H,11-12,14,31H2,1-4H3,(H,32,37). The van der Waals surface area contributed by atoms with E-state index in [0.717, 1.165) is 15.5 Å². The lowest BCUT2D eigenvalue weighted by Crippen LogP contribution is -2.42. The number of hydrogen-bond donors (Lipinski definition) is 2. The number of carbonyl (C=O) groups is 3. The average molecular weight is 621 g/mol. The van der Waals surface area contributed by atoms with Crippen molar-refractivity contribution in [3.05, 3.63) is 74.4 Å². The number of hydrogen-bond acceptors (Lipinski definition) is 12. The number of ketones is 1. The summed E-state index contributed by atoms with van der Waals surface area (Å²) in [5.41, 5.74) is 8.94. The third-order valence-corrected chi connectivity index (χ3v) is 10.0. The number of benzene rings is 1. The molecule has 1 aliphatic carbocycles. The molecule has 1 unspecified atom stereocenters. The Balaban J connectivity index is 1.39. The second-order valence-corrected chi connectivity index (χ2v) is 14.2. The highest BCUT2D eigenvalue weighted by Crippen LogP contribution is 2.51.